The predicted molar refractivity (Wildman–Crippen MR) is 70.7 cm³/mol. The number of rotatable bonds is 6. The second-order valence-electron chi connectivity index (χ2n) is 5.53. The average molecular weight is 227 g/mol. The third kappa shape index (κ3) is 4.04. The van der Waals surface area contributed by atoms with E-state index in [0.717, 1.165) is 13.0 Å². The Kier molecular flexibility index (Phi) is 5.73. The molecule has 1 saturated heterocycles. The molecule has 0 spiro atoms. The van der Waals surface area contributed by atoms with Crippen molar-refractivity contribution in [1.82, 2.24) is 9.80 Å². The quantitative estimate of drug-likeness (QED) is 0.747. The highest BCUT2D eigenvalue weighted by molar-refractivity contribution is 4.85. The minimum absolute atomic E-state index is 0.283. The summed E-state index contributed by atoms with van der Waals surface area (Å²) in [7, 11) is 0. The number of nitrogens with zero attached hydrogens (tertiary/aromatic N) is 2. The molecule has 0 bridgehead atoms. The molecule has 0 amide bonds. The van der Waals surface area contributed by atoms with Crippen molar-refractivity contribution in [3.8, 4) is 0 Å². The Morgan fingerprint density at radius 1 is 1.12 bits per heavy atom. The van der Waals surface area contributed by atoms with Gasteiger partial charge in [-0.1, -0.05) is 13.3 Å². The van der Waals surface area contributed by atoms with Crippen LogP contribution >= 0.6 is 0 Å². The van der Waals surface area contributed by atoms with Crippen LogP contribution in [0.2, 0.25) is 0 Å². The molecule has 0 aromatic carbocycles. The van der Waals surface area contributed by atoms with Crippen LogP contribution < -0.4 is 5.73 Å². The van der Waals surface area contributed by atoms with Gasteiger partial charge < -0.3 is 10.6 Å². The Bertz CT molecular complexity index is 184. The van der Waals surface area contributed by atoms with Gasteiger partial charge in [-0.25, -0.2) is 0 Å². The van der Waals surface area contributed by atoms with Crippen molar-refractivity contribution in [3.63, 3.8) is 0 Å². The maximum atomic E-state index is 5.68. The number of unbranched alkanes of at least 4 members (excludes halogenated alkanes) is 1. The van der Waals surface area contributed by atoms with Crippen LogP contribution in [0.1, 0.15) is 40.0 Å². The van der Waals surface area contributed by atoms with E-state index in [0.29, 0.717) is 0 Å². The van der Waals surface area contributed by atoms with Gasteiger partial charge in [0.1, 0.15) is 0 Å². The third-order valence-electron chi connectivity index (χ3n) is 3.81. The molecule has 0 radical (unpaired) electrons. The van der Waals surface area contributed by atoms with E-state index in [1.807, 2.05) is 0 Å². The fourth-order valence-electron chi connectivity index (χ4n) is 2.47. The normalized spacial score (nSPS) is 20.2. The summed E-state index contributed by atoms with van der Waals surface area (Å²) in [6.07, 6.45) is 3.74. The van der Waals surface area contributed by atoms with E-state index < -0.39 is 0 Å². The molecule has 1 rings (SSSR count). The van der Waals surface area contributed by atoms with Gasteiger partial charge in [0.2, 0.25) is 0 Å². The fraction of sp³-hybridized carbons (Fsp3) is 1.00. The first-order valence-electron chi connectivity index (χ1n) is 6.77. The van der Waals surface area contributed by atoms with Gasteiger partial charge in [0.15, 0.2) is 0 Å². The highest BCUT2D eigenvalue weighted by atomic mass is 15.3. The van der Waals surface area contributed by atoms with Crippen molar-refractivity contribution in [2.45, 2.75) is 45.6 Å². The lowest BCUT2D eigenvalue weighted by Gasteiger charge is -2.44. The lowest BCUT2D eigenvalue weighted by molar-refractivity contribution is 0.0482. The number of hydrogen-bond acceptors (Lipinski definition) is 3. The highest BCUT2D eigenvalue weighted by Crippen LogP contribution is 2.20. The number of hydrogen-bond donors (Lipinski definition) is 1. The zero-order valence-electron chi connectivity index (χ0n) is 11.3. The number of piperazine rings is 1. The lowest BCUT2D eigenvalue weighted by Crippen LogP contribution is -2.55. The third-order valence-corrected chi connectivity index (χ3v) is 3.81. The van der Waals surface area contributed by atoms with E-state index in [2.05, 4.69) is 30.6 Å². The average Bonchev–Trinajstić information content (AvgIpc) is 2.27. The summed E-state index contributed by atoms with van der Waals surface area (Å²) in [5, 5.41) is 0. The molecule has 0 atom stereocenters. The van der Waals surface area contributed by atoms with E-state index in [-0.39, 0.29) is 5.54 Å². The van der Waals surface area contributed by atoms with Crippen LogP contribution in [0.25, 0.3) is 0 Å². The highest BCUT2D eigenvalue weighted by Gasteiger charge is 2.28. The second-order valence-corrected chi connectivity index (χ2v) is 5.53. The predicted octanol–water partition coefficient (Wildman–Crippen LogP) is 1.53. The minimum atomic E-state index is 0.283. The minimum Gasteiger partial charge on any atom is -0.330 e. The van der Waals surface area contributed by atoms with Gasteiger partial charge in [-0.05, 0) is 39.8 Å². The first kappa shape index (κ1) is 13.9. The molecular formula is C13H29N3. The first-order valence-corrected chi connectivity index (χ1v) is 6.77. The maximum absolute atomic E-state index is 5.68. The van der Waals surface area contributed by atoms with Crippen LogP contribution in [0.3, 0.4) is 0 Å². The molecule has 96 valence electrons. The fourth-order valence-corrected chi connectivity index (χ4v) is 2.47. The van der Waals surface area contributed by atoms with Crippen LogP contribution in [0, 0.1) is 0 Å². The van der Waals surface area contributed by atoms with Gasteiger partial charge >= 0.3 is 0 Å². The van der Waals surface area contributed by atoms with Gasteiger partial charge in [0.25, 0.3) is 0 Å². The SMILES string of the molecule is CCCCN1CCN(C(C)(C)CCN)CC1. The molecule has 0 aromatic heterocycles. The zero-order chi connectivity index (χ0) is 12.0. The zero-order valence-corrected chi connectivity index (χ0v) is 11.3. The van der Waals surface area contributed by atoms with Gasteiger partial charge in [-0.2, -0.15) is 0 Å². The summed E-state index contributed by atoms with van der Waals surface area (Å²) in [5.74, 6) is 0. The summed E-state index contributed by atoms with van der Waals surface area (Å²) < 4.78 is 0. The maximum Gasteiger partial charge on any atom is 0.0166 e. The molecular weight excluding hydrogens is 198 g/mol. The monoisotopic (exact) mass is 227 g/mol. The van der Waals surface area contributed by atoms with Crippen LogP contribution in [0.4, 0.5) is 0 Å². The van der Waals surface area contributed by atoms with Gasteiger partial charge in [-0.3, -0.25) is 4.90 Å². The topological polar surface area (TPSA) is 32.5 Å². The van der Waals surface area contributed by atoms with Gasteiger partial charge in [0, 0.05) is 31.7 Å². The summed E-state index contributed by atoms with van der Waals surface area (Å²) in [5.41, 5.74) is 5.96. The van der Waals surface area contributed by atoms with Crippen molar-refractivity contribution in [2.24, 2.45) is 5.73 Å². The summed E-state index contributed by atoms with van der Waals surface area (Å²) in [4.78, 5) is 5.20. The Labute approximate surface area is 101 Å². The van der Waals surface area contributed by atoms with E-state index in [9.17, 15) is 0 Å². The van der Waals surface area contributed by atoms with Gasteiger partial charge in [-0.15, -0.1) is 0 Å². The van der Waals surface area contributed by atoms with Crippen LogP contribution in [-0.2, 0) is 0 Å². The van der Waals surface area contributed by atoms with Crippen molar-refractivity contribution in [2.75, 3.05) is 39.3 Å². The van der Waals surface area contributed by atoms with E-state index in [4.69, 9.17) is 5.73 Å². The van der Waals surface area contributed by atoms with Gasteiger partial charge in [0.05, 0.1) is 0 Å². The molecule has 3 nitrogen and oxygen atoms in total. The smallest absolute Gasteiger partial charge is 0.0166 e. The molecule has 2 N–H and O–H groups in total. The van der Waals surface area contributed by atoms with E-state index in [1.54, 1.807) is 0 Å². The van der Waals surface area contributed by atoms with Crippen molar-refractivity contribution < 1.29 is 0 Å². The molecule has 16 heavy (non-hydrogen) atoms. The molecule has 1 heterocycles. The standard InChI is InChI=1S/C13H29N3/c1-4-5-8-15-9-11-16(12-10-15)13(2,3)6-7-14/h4-12,14H2,1-3H3. The summed E-state index contributed by atoms with van der Waals surface area (Å²) in [6, 6.07) is 0. The second kappa shape index (κ2) is 6.58. The molecule has 0 saturated carbocycles. The largest absolute Gasteiger partial charge is 0.330 e. The molecule has 0 unspecified atom stereocenters. The van der Waals surface area contributed by atoms with Crippen LogP contribution in [0.15, 0.2) is 0 Å². The van der Waals surface area contributed by atoms with E-state index in [1.165, 1.54) is 45.6 Å². The Morgan fingerprint density at radius 3 is 2.25 bits per heavy atom. The summed E-state index contributed by atoms with van der Waals surface area (Å²) in [6.45, 7) is 13.9. The van der Waals surface area contributed by atoms with E-state index >= 15 is 0 Å². The molecule has 0 aromatic rings. The van der Waals surface area contributed by atoms with Crippen LogP contribution in [-0.4, -0.2) is 54.6 Å². The number of nitrogens with two attached hydrogens (primary N) is 1. The molecule has 0 aliphatic carbocycles. The van der Waals surface area contributed by atoms with Crippen molar-refractivity contribution in [1.29, 1.82) is 0 Å². The Morgan fingerprint density at radius 2 is 1.75 bits per heavy atom. The van der Waals surface area contributed by atoms with Crippen LogP contribution in [0.5, 0.6) is 0 Å². The lowest BCUT2D eigenvalue weighted by atomic mass is 9.97. The first-order chi connectivity index (χ1) is 7.60. The molecule has 1 aliphatic rings. The molecule has 3 heteroatoms. The molecule has 1 fully saturated rings. The Balaban J connectivity index is 2.30. The van der Waals surface area contributed by atoms with Crippen molar-refractivity contribution >= 4 is 0 Å². The van der Waals surface area contributed by atoms with Crippen molar-refractivity contribution in [3.05, 3.63) is 0 Å². The Hall–Kier alpha value is -0.120. The molecule has 1 aliphatic heterocycles. The summed E-state index contributed by atoms with van der Waals surface area (Å²) >= 11 is 0.